The number of benzene rings is 3. The first-order valence-electron chi connectivity index (χ1n) is 9.53. The predicted molar refractivity (Wildman–Crippen MR) is 125 cm³/mol. The maximum absolute atomic E-state index is 12.6. The quantitative estimate of drug-likeness (QED) is 0.334. The minimum Gasteiger partial charge on any atom is -0.488 e. The molecule has 3 aromatic carbocycles. The second-order valence-corrected chi connectivity index (χ2v) is 7.89. The number of nitriles is 1. The number of aryl methyl sites for hydroxylation is 2. The van der Waals surface area contributed by atoms with Crippen LogP contribution in [-0.2, 0) is 11.4 Å². The molecular formula is C25H20Cl2N2O2. The second kappa shape index (κ2) is 10.2. The van der Waals surface area contributed by atoms with E-state index in [9.17, 15) is 10.1 Å². The molecule has 0 aliphatic carbocycles. The van der Waals surface area contributed by atoms with Crippen molar-refractivity contribution in [2.75, 3.05) is 5.32 Å². The van der Waals surface area contributed by atoms with Crippen LogP contribution in [0.5, 0.6) is 5.75 Å². The normalized spacial score (nSPS) is 11.0. The molecule has 3 rings (SSSR count). The van der Waals surface area contributed by atoms with Crippen molar-refractivity contribution in [1.29, 1.82) is 5.26 Å². The molecule has 0 aliphatic heterocycles. The lowest BCUT2D eigenvalue weighted by Gasteiger charge is -2.11. The Kier molecular flexibility index (Phi) is 7.36. The Balaban J connectivity index is 1.79. The smallest absolute Gasteiger partial charge is 0.266 e. The van der Waals surface area contributed by atoms with Gasteiger partial charge in [-0.05, 0) is 49.8 Å². The molecule has 0 heterocycles. The van der Waals surface area contributed by atoms with Crippen molar-refractivity contribution in [3.8, 4) is 11.8 Å². The van der Waals surface area contributed by atoms with Crippen LogP contribution in [0.2, 0.25) is 10.0 Å². The summed E-state index contributed by atoms with van der Waals surface area (Å²) in [6.45, 7) is 4.46. The highest BCUT2D eigenvalue weighted by atomic mass is 35.5. The maximum atomic E-state index is 12.6. The van der Waals surface area contributed by atoms with Crippen molar-refractivity contribution in [1.82, 2.24) is 0 Å². The van der Waals surface area contributed by atoms with E-state index in [1.54, 1.807) is 24.3 Å². The van der Waals surface area contributed by atoms with Crippen molar-refractivity contribution in [3.63, 3.8) is 0 Å². The zero-order chi connectivity index (χ0) is 22.4. The van der Waals surface area contributed by atoms with Gasteiger partial charge in [0.25, 0.3) is 5.91 Å². The molecule has 0 aliphatic rings. The van der Waals surface area contributed by atoms with E-state index in [2.05, 4.69) is 23.5 Å². The fourth-order valence-electron chi connectivity index (χ4n) is 3.12. The van der Waals surface area contributed by atoms with Gasteiger partial charge in [-0.1, -0.05) is 70.7 Å². The first-order valence-corrected chi connectivity index (χ1v) is 10.3. The summed E-state index contributed by atoms with van der Waals surface area (Å²) < 4.78 is 5.99. The van der Waals surface area contributed by atoms with Gasteiger partial charge in [0, 0.05) is 11.3 Å². The number of halogens is 2. The molecule has 4 nitrogen and oxygen atoms in total. The summed E-state index contributed by atoms with van der Waals surface area (Å²) >= 11 is 11.9. The van der Waals surface area contributed by atoms with E-state index in [-0.39, 0.29) is 5.57 Å². The molecule has 0 bridgehead atoms. The topological polar surface area (TPSA) is 62.1 Å². The van der Waals surface area contributed by atoms with E-state index >= 15 is 0 Å². The average molecular weight is 451 g/mol. The molecule has 3 aromatic rings. The number of anilines is 1. The van der Waals surface area contributed by atoms with Crippen molar-refractivity contribution >= 4 is 40.9 Å². The summed E-state index contributed by atoms with van der Waals surface area (Å²) in [6.07, 6.45) is 1.50. The zero-order valence-electron chi connectivity index (χ0n) is 17.1. The van der Waals surface area contributed by atoms with Gasteiger partial charge in [0.1, 0.15) is 24.0 Å². The summed E-state index contributed by atoms with van der Waals surface area (Å²) in [5.74, 6) is 0.0294. The molecule has 0 fully saturated rings. The summed E-state index contributed by atoms with van der Waals surface area (Å²) in [6, 6.07) is 20.2. The number of carbonyl (C=O) groups is 1. The molecule has 0 saturated heterocycles. The first-order chi connectivity index (χ1) is 14.9. The van der Waals surface area contributed by atoms with Crippen LogP contribution in [0.4, 0.5) is 5.69 Å². The Morgan fingerprint density at radius 1 is 1.03 bits per heavy atom. The number of rotatable bonds is 6. The Morgan fingerprint density at radius 3 is 2.42 bits per heavy atom. The van der Waals surface area contributed by atoms with Crippen LogP contribution in [0.15, 0.2) is 66.2 Å². The van der Waals surface area contributed by atoms with Gasteiger partial charge in [-0.2, -0.15) is 5.26 Å². The largest absolute Gasteiger partial charge is 0.488 e. The third-order valence-electron chi connectivity index (χ3n) is 4.44. The van der Waals surface area contributed by atoms with Gasteiger partial charge in [0.2, 0.25) is 0 Å². The first kappa shape index (κ1) is 22.4. The molecule has 0 aromatic heterocycles. The highest BCUT2D eigenvalue weighted by Gasteiger charge is 2.12. The Morgan fingerprint density at radius 2 is 1.74 bits per heavy atom. The molecule has 1 N–H and O–H groups in total. The molecule has 1 amide bonds. The number of hydrogen-bond donors (Lipinski definition) is 1. The summed E-state index contributed by atoms with van der Waals surface area (Å²) in [5.41, 5.74) is 4.39. The summed E-state index contributed by atoms with van der Waals surface area (Å²) in [7, 11) is 0. The van der Waals surface area contributed by atoms with Crippen LogP contribution < -0.4 is 10.1 Å². The molecule has 0 atom stereocenters. The number of carbonyl (C=O) groups excluding carboxylic acids is 1. The third-order valence-corrected chi connectivity index (χ3v) is 5.18. The van der Waals surface area contributed by atoms with E-state index in [0.29, 0.717) is 33.7 Å². The summed E-state index contributed by atoms with van der Waals surface area (Å²) in [5, 5.41) is 12.9. The van der Waals surface area contributed by atoms with Gasteiger partial charge in [0.05, 0.1) is 10.0 Å². The minimum absolute atomic E-state index is 0.0616. The van der Waals surface area contributed by atoms with Crippen LogP contribution in [0.1, 0.15) is 22.3 Å². The summed E-state index contributed by atoms with van der Waals surface area (Å²) in [4.78, 5) is 12.6. The Labute approximate surface area is 191 Å². The minimum atomic E-state index is -0.551. The highest BCUT2D eigenvalue weighted by molar-refractivity contribution is 6.42. The molecule has 0 radical (unpaired) electrons. The van der Waals surface area contributed by atoms with E-state index in [4.69, 9.17) is 27.9 Å². The van der Waals surface area contributed by atoms with E-state index in [1.807, 2.05) is 32.0 Å². The lowest BCUT2D eigenvalue weighted by molar-refractivity contribution is -0.112. The van der Waals surface area contributed by atoms with Gasteiger partial charge in [-0.15, -0.1) is 0 Å². The van der Waals surface area contributed by atoms with E-state index in [0.717, 1.165) is 16.7 Å². The molecule has 0 unspecified atom stereocenters. The van der Waals surface area contributed by atoms with Crippen molar-refractivity contribution < 1.29 is 9.53 Å². The number of ether oxygens (including phenoxy) is 1. The van der Waals surface area contributed by atoms with Crippen molar-refractivity contribution in [2.24, 2.45) is 0 Å². The second-order valence-electron chi connectivity index (χ2n) is 7.08. The lowest BCUT2D eigenvalue weighted by Crippen LogP contribution is -2.13. The Hall–Kier alpha value is -3.26. The third kappa shape index (κ3) is 6.11. The SMILES string of the molecule is Cc1cc(C)cc(COc2ccccc2/C=C(\C#N)C(=O)Nc2ccc(Cl)c(Cl)c2)c1. The molecular weight excluding hydrogens is 431 g/mol. The van der Waals surface area contributed by atoms with Crippen LogP contribution in [0.25, 0.3) is 6.08 Å². The Bertz CT molecular complexity index is 1180. The van der Waals surface area contributed by atoms with E-state index in [1.165, 1.54) is 12.1 Å². The highest BCUT2D eigenvalue weighted by Crippen LogP contribution is 2.26. The van der Waals surface area contributed by atoms with Gasteiger partial charge >= 0.3 is 0 Å². The number of nitrogens with one attached hydrogen (secondary N) is 1. The van der Waals surface area contributed by atoms with Crippen molar-refractivity contribution in [2.45, 2.75) is 20.5 Å². The number of amides is 1. The monoisotopic (exact) mass is 450 g/mol. The fraction of sp³-hybridized carbons (Fsp3) is 0.120. The maximum Gasteiger partial charge on any atom is 0.266 e. The average Bonchev–Trinajstić information content (AvgIpc) is 2.73. The standard InChI is InChI=1S/C25H20Cl2N2O2/c1-16-9-17(2)11-18(10-16)15-31-24-6-4-3-5-19(24)12-20(14-28)25(30)29-21-7-8-22(26)23(27)13-21/h3-13H,15H2,1-2H3,(H,29,30)/b20-12+. The van der Waals surface area contributed by atoms with Gasteiger partial charge in [-0.3, -0.25) is 4.79 Å². The lowest BCUT2D eigenvalue weighted by atomic mass is 10.1. The zero-order valence-corrected chi connectivity index (χ0v) is 18.6. The van der Waals surface area contributed by atoms with Crippen LogP contribution >= 0.6 is 23.2 Å². The van der Waals surface area contributed by atoms with E-state index < -0.39 is 5.91 Å². The van der Waals surface area contributed by atoms with Gasteiger partial charge in [-0.25, -0.2) is 0 Å². The molecule has 0 spiro atoms. The predicted octanol–water partition coefficient (Wildman–Crippen LogP) is 6.73. The van der Waals surface area contributed by atoms with Crippen molar-refractivity contribution in [3.05, 3.63) is 98.5 Å². The van der Waals surface area contributed by atoms with Crippen LogP contribution in [-0.4, -0.2) is 5.91 Å². The molecule has 156 valence electrons. The van der Waals surface area contributed by atoms with Gasteiger partial charge < -0.3 is 10.1 Å². The number of hydrogen-bond acceptors (Lipinski definition) is 3. The number of nitrogens with zero attached hydrogens (tertiary/aromatic N) is 1. The van der Waals surface area contributed by atoms with Crippen LogP contribution in [0, 0.1) is 25.2 Å². The van der Waals surface area contributed by atoms with Gasteiger partial charge in [0.15, 0.2) is 0 Å². The fourth-order valence-corrected chi connectivity index (χ4v) is 3.42. The molecule has 0 saturated carbocycles. The number of para-hydroxylation sites is 1. The molecule has 6 heteroatoms. The van der Waals surface area contributed by atoms with Crippen LogP contribution in [0.3, 0.4) is 0 Å². The molecule has 31 heavy (non-hydrogen) atoms.